The van der Waals surface area contributed by atoms with Gasteiger partial charge >= 0.3 is 0 Å². The molecular formula is C20H17NO5. The maximum absolute atomic E-state index is 12.5. The van der Waals surface area contributed by atoms with E-state index in [9.17, 15) is 24.8 Å². The average Bonchev–Trinajstić information content (AvgIpc) is 2.65. The lowest BCUT2D eigenvalue weighted by molar-refractivity contribution is -0.486. The Hall–Kier alpha value is -3.28. The van der Waals surface area contributed by atoms with E-state index < -0.39 is 29.0 Å². The molecule has 2 aromatic rings. The van der Waals surface area contributed by atoms with Gasteiger partial charge in [0.25, 0.3) is 0 Å². The van der Waals surface area contributed by atoms with Crippen LogP contribution < -0.4 is 0 Å². The van der Waals surface area contributed by atoms with Crippen molar-refractivity contribution in [2.24, 2.45) is 5.92 Å². The second-order valence-electron chi connectivity index (χ2n) is 6.20. The monoisotopic (exact) mass is 351 g/mol. The molecule has 0 fully saturated rings. The van der Waals surface area contributed by atoms with E-state index in [1.54, 1.807) is 12.1 Å². The van der Waals surface area contributed by atoms with Crippen LogP contribution in [-0.4, -0.2) is 28.1 Å². The molecule has 0 heterocycles. The molecule has 0 spiro atoms. The molecule has 0 aliphatic heterocycles. The van der Waals surface area contributed by atoms with Gasteiger partial charge in [0.05, 0.1) is 11.5 Å². The van der Waals surface area contributed by atoms with Gasteiger partial charge in [-0.05, 0) is 18.4 Å². The largest absolute Gasteiger partial charge is 0.507 e. The highest BCUT2D eigenvalue weighted by Crippen LogP contribution is 2.33. The van der Waals surface area contributed by atoms with Crippen molar-refractivity contribution in [3.63, 3.8) is 0 Å². The van der Waals surface area contributed by atoms with E-state index in [1.165, 1.54) is 12.1 Å². The molecule has 6 nitrogen and oxygen atoms in total. The molecule has 1 atom stereocenters. The van der Waals surface area contributed by atoms with Gasteiger partial charge in [-0.25, -0.2) is 0 Å². The summed E-state index contributed by atoms with van der Waals surface area (Å²) in [6, 6.07) is 15.6. The molecule has 2 aromatic carbocycles. The van der Waals surface area contributed by atoms with Crippen LogP contribution in [0.5, 0.6) is 0 Å². The summed E-state index contributed by atoms with van der Waals surface area (Å²) >= 11 is 0. The van der Waals surface area contributed by atoms with Crippen molar-refractivity contribution in [3.05, 3.63) is 87.0 Å². The number of rotatable bonds is 6. The first-order valence-corrected chi connectivity index (χ1v) is 8.26. The topological polar surface area (TPSA) is 97.5 Å². The zero-order valence-electron chi connectivity index (χ0n) is 13.9. The number of aliphatic hydroxyl groups excluding tert-OH is 1. The van der Waals surface area contributed by atoms with E-state index >= 15 is 0 Å². The Morgan fingerprint density at radius 1 is 0.923 bits per heavy atom. The summed E-state index contributed by atoms with van der Waals surface area (Å²) < 4.78 is 0. The molecule has 1 aliphatic carbocycles. The van der Waals surface area contributed by atoms with Crippen molar-refractivity contribution in [1.29, 1.82) is 0 Å². The van der Waals surface area contributed by atoms with Gasteiger partial charge in [-0.15, -0.1) is 0 Å². The molecule has 1 aliphatic rings. The van der Waals surface area contributed by atoms with Crippen molar-refractivity contribution in [3.8, 4) is 0 Å². The zero-order valence-corrected chi connectivity index (χ0v) is 13.9. The lowest BCUT2D eigenvalue weighted by Gasteiger charge is -2.22. The van der Waals surface area contributed by atoms with E-state index in [0.717, 1.165) is 5.56 Å². The highest BCUT2D eigenvalue weighted by Gasteiger charge is 2.38. The third-order valence-corrected chi connectivity index (χ3v) is 4.53. The van der Waals surface area contributed by atoms with Crippen molar-refractivity contribution < 1.29 is 19.6 Å². The lowest BCUT2D eigenvalue weighted by Crippen LogP contribution is -2.31. The summed E-state index contributed by atoms with van der Waals surface area (Å²) in [6.45, 7) is -0.520. The van der Waals surface area contributed by atoms with Gasteiger partial charge in [-0.3, -0.25) is 19.7 Å². The van der Waals surface area contributed by atoms with Gasteiger partial charge in [0, 0.05) is 16.1 Å². The summed E-state index contributed by atoms with van der Waals surface area (Å²) in [6.07, 6.45) is 0.783. The summed E-state index contributed by atoms with van der Waals surface area (Å²) in [5.74, 6) is -2.76. The molecule has 1 N–H and O–H groups in total. The van der Waals surface area contributed by atoms with E-state index in [4.69, 9.17) is 0 Å². The van der Waals surface area contributed by atoms with Gasteiger partial charge in [0.1, 0.15) is 5.76 Å². The van der Waals surface area contributed by atoms with Crippen molar-refractivity contribution >= 4 is 17.3 Å². The van der Waals surface area contributed by atoms with Gasteiger partial charge in [0.15, 0.2) is 0 Å². The van der Waals surface area contributed by atoms with E-state index in [-0.39, 0.29) is 28.9 Å². The Balaban J connectivity index is 1.98. The smallest absolute Gasteiger partial charge is 0.234 e. The molecule has 0 amide bonds. The molecule has 0 saturated carbocycles. The van der Waals surface area contributed by atoms with Crippen molar-refractivity contribution in [1.82, 2.24) is 0 Å². The number of aliphatic hydroxyl groups is 1. The number of benzene rings is 2. The molecular weight excluding hydrogens is 334 g/mol. The first-order valence-electron chi connectivity index (χ1n) is 8.26. The van der Waals surface area contributed by atoms with E-state index in [2.05, 4.69) is 0 Å². The predicted octanol–water partition coefficient (Wildman–Crippen LogP) is 3.25. The number of carbonyl (C=O) groups is 2. The number of ketones is 2. The minimum atomic E-state index is -0.860. The van der Waals surface area contributed by atoms with Crippen LogP contribution in [-0.2, 0) is 11.2 Å². The predicted molar refractivity (Wildman–Crippen MR) is 95.4 cm³/mol. The third-order valence-electron chi connectivity index (χ3n) is 4.53. The van der Waals surface area contributed by atoms with Crippen molar-refractivity contribution in [2.75, 3.05) is 6.54 Å². The van der Waals surface area contributed by atoms with Gasteiger partial charge in [-0.1, -0.05) is 54.6 Å². The Morgan fingerprint density at radius 2 is 1.54 bits per heavy atom. The van der Waals surface area contributed by atoms with E-state index in [0.29, 0.717) is 6.42 Å². The number of hydrogen-bond donors (Lipinski definition) is 1. The number of aryl methyl sites for hydroxylation is 1. The Kier molecular flexibility index (Phi) is 4.93. The standard InChI is InChI=1S/C20H17NO5/c22-18-15-8-4-5-9-16(15)19(23)20(24)17(18)14(12-21(25)26)11-10-13-6-2-1-3-7-13/h1-9,14,22H,10-12H2/t14-/m1/s1. The normalized spacial score (nSPS) is 14.9. The van der Waals surface area contributed by atoms with Crippen LogP contribution in [0.15, 0.2) is 60.2 Å². The molecule has 0 radical (unpaired) electrons. The summed E-state index contributed by atoms with van der Waals surface area (Å²) in [4.78, 5) is 35.5. The minimum absolute atomic E-state index is 0.127. The summed E-state index contributed by atoms with van der Waals surface area (Å²) in [5, 5.41) is 21.7. The third kappa shape index (κ3) is 3.39. The van der Waals surface area contributed by atoms with Crippen LogP contribution in [0.4, 0.5) is 0 Å². The van der Waals surface area contributed by atoms with Crippen molar-refractivity contribution in [2.45, 2.75) is 12.8 Å². The number of nitro groups is 1. The van der Waals surface area contributed by atoms with E-state index in [1.807, 2.05) is 30.3 Å². The number of fused-ring (bicyclic) bond motifs is 1. The molecule has 26 heavy (non-hydrogen) atoms. The molecule has 0 bridgehead atoms. The van der Waals surface area contributed by atoms with Crippen LogP contribution in [0.3, 0.4) is 0 Å². The first-order chi connectivity index (χ1) is 12.5. The van der Waals surface area contributed by atoms with Crippen LogP contribution in [0.25, 0.3) is 5.76 Å². The minimum Gasteiger partial charge on any atom is -0.507 e. The molecule has 0 unspecified atom stereocenters. The molecule has 6 heteroatoms. The van der Waals surface area contributed by atoms with Crippen LogP contribution in [0.2, 0.25) is 0 Å². The second kappa shape index (κ2) is 7.31. The quantitative estimate of drug-likeness (QED) is 0.489. The number of carbonyl (C=O) groups excluding carboxylic acids is 2. The average molecular weight is 351 g/mol. The number of Topliss-reactive ketones (excluding diaryl/α,β-unsaturated/α-hetero) is 2. The summed E-state index contributed by atoms with van der Waals surface area (Å²) in [5.41, 5.74) is 1.19. The fourth-order valence-electron chi connectivity index (χ4n) is 3.26. The van der Waals surface area contributed by atoms with Gasteiger partial charge in [0.2, 0.25) is 18.1 Å². The molecule has 3 rings (SSSR count). The maximum Gasteiger partial charge on any atom is 0.234 e. The fraction of sp³-hybridized carbons (Fsp3) is 0.200. The van der Waals surface area contributed by atoms with Crippen LogP contribution in [0.1, 0.15) is 27.9 Å². The zero-order chi connectivity index (χ0) is 18.7. The summed E-state index contributed by atoms with van der Waals surface area (Å²) in [7, 11) is 0. The Morgan fingerprint density at radius 3 is 2.19 bits per heavy atom. The first kappa shape index (κ1) is 17.5. The van der Waals surface area contributed by atoms with Gasteiger partial charge < -0.3 is 5.11 Å². The Labute approximate surface area is 149 Å². The maximum atomic E-state index is 12.5. The SMILES string of the molecule is O=C1C(=O)c2ccccc2C(O)=C1[C@H](CCc1ccccc1)C[N+](=O)[O-]. The van der Waals surface area contributed by atoms with Crippen LogP contribution in [0, 0.1) is 16.0 Å². The molecule has 0 aromatic heterocycles. The number of nitrogens with zero attached hydrogens (tertiary/aromatic N) is 1. The van der Waals surface area contributed by atoms with Gasteiger partial charge in [-0.2, -0.15) is 0 Å². The van der Waals surface area contributed by atoms with Crippen LogP contribution >= 0.6 is 0 Å². The molecule has 132 valence electrons. The Bertz CT molecular complexity index is 901. The molecule has 0 saturated heterocycles. The number of hydrogen-bond acceptors (Lipinski definition) is 5. The lowest BCUT2D eigenvalue weighted by atomic mass is 9.80. The highest BCUT2D eigenvalue weighted by atomic mass is 16.6. The second-order valence-corrected chi connectivity index (χ2v) is 6.20. The fourth-order valence-corrected chi connectivity index (χ4v) is 3.26. The highest BCUT2D eigenvalue weighted by molar-refractivity contribution is 6.52.